The zero-order valence-electron chi connectivity index (χ0n) is 12.5. The summed E-state index contributed by atoms with van der Waals surface area (Å²) in [6.07, 6.45) is 1.96. The van der Waals surface area contributed by atoms with Gasteiger partial charge in [0.25, 0.3) is 0 Å². The van der Waals surface area contributed by atoms with Crippen molar-refractivity contribution in [3.05, 3.63) is 79.0 Å². The molecule has 0 aliphatic heterocycles. The second-order valence-corrected chi connectivity index (χ2v) is 5.77. The number of hydrogen-bond donors (Lipinski definition) is 1. The van der Waals surface area contributed by atoms with E-state index in [1.807, 2.05) is 18.3 Å². The summed E-state index contributed by atoms with van der Waals surface area (Å²) in [5, 5.41) is 3.62. The molecule has 0 aliphatic rings. The van der Waals surface area contributed by atoms with Gasteiger partial charge in [0.15, 0.2) is 0 Å². The molecule has 2 nitrogen and oxygen atoms in total. The fourth-order valence-electron chi connectivity index (χ4n) is 3.39. The number of para-hydroxylation sites is 1. The molecule has 108 valence electrons. The van der Waals surface area contributed by atoms with Crippen LogP contribution < -0.4 is 0 Å². The predicted molar refractivity (Wildman–Crippen MR) is 96.5 cm³/mol. The molecule has 0 amide bonds. The Labute approximate surface area is 133 Å². The number of nitrogens with zero attached hydrogens (tertiary/aromatic N) is 1. The van der Waals surface area contributed by atoms with Crippen molar-refractivity contribution in [1.29, 1.82) is 0 Å². The van der Waals surface area contributed by atoms with Crippen LogP contribution in [-0.2, 0) is 0 Å². The molecule has 0 spiro atoms. The number of rotatable bonds is 1. The summed E-state index contributed by atoms with van der Waals surface area (Å²) in [7, 11) is 0. The minimum Gasteiger partial charge on any atom is -0.361 e. The van der Waals surface area contributed by atoms with Crippen molar-refractivity contribution in [2.24, 2.45) is 0 Å². The van der Waals surface area contributed by atoms with Crippen LogP contribution in [0.15, 0.2) is 79.0 Å². The zero-order chi connectivity index (χ0) is 15.2. The van der Waals surface area contributed by atoms with Crippen molar-refractivity contribution in [2.45, 2.75) is 0 Å². The maximum absolute atomic E-state index is 4.91. The summed E-state index contributed by atoms with van der Waals surface area (Å²) in [5.74, 6) is 0. The first-order valence-electron chi connectivity index (χ1n) is 7.76. The molecule has 0 unspecified atom stereocenters. The van der Waals surface area contributed by atoms with Gasteiger partial charge in [-0.2, -0.15) is 0 Å². The fraction of sp³-hybridized carbons (Fsp3) is 0. The third-order valence-corrected chi connectivity index (χ3v) is 4.43. The molecular weight excluding hydrogens is 280 g/mol. The standard InChI is InChI=1S/C21H14N2/c1-2-7-14(8-3-1)17-13-19-16(10-6-12-22-19)21-20(17)15-9-4-5-11-18(15)23-21/h1-13,22H. The third-order valence-electron chi connectivity index (χ3n) is 4.43. The van der Waals surface area contributed by atoms with Crippen LogP contribution in [0.25, 0.3) is 43.8 Å². The molecule has 0 aliphatic carbocycles. The van der Waals surface area contributed by atoms with Gasteiger partial charge < -0.3 is 4.98 Å². The normalized spacial score (nSPS) is 11.5. The van der Waals surface area contributed by atoms with Crippen molar-refractivity contribution in [2.75, 3.05) is 0 Å². The summed E-state index contributed by atoms with van der Waals surface area (Å²) in [6, 6.07) is 25.3. The van der Waals surface area contributed by atoms with Gasteiger partial charge in [0, 0.05) is 27.9 Å². The van der Waals surface area contributed by atoms with Gasteiger partial charge in [-0.3, -0.25) is 0 Å². The molecule has 5 aromatic rings. The largest absolute Gasteiger partial charge is 0.361 e. The topological polar surface area (TPSA) is 28.7 Å². The van der Waals surface area contributed by atoms with E-state index in [0.717, 1.165) is 16.6 Å². The van der Waals surface area contributed by atoms with E-state index < -0.39 is 0 Å². The number of pyridine rings is 1. The highest BCUT2D eigenvalue weighted by Gasteiger charge is 2.14. The second kappa shape index (κ2) is 4.68. The lowest BCUT2D eigenvalue weighted by Crippen LogP contribution is -1.84. The quantitative estimate of drug-likeness (QED) is 0.432. The molecule has 0 saturated carbocycles. The van der Waals surface area contributed by atoms with Crippen LogP contribution in [0.5, 0.6) is 0 Å². The average Bonchev–Trinajstić information content (AvgIpc) is 3.02. The Balaban J connectivity index is 2.06. The maximum atomic E-state index is 4.91. The fourth-order valence-corrected chi connectivity index (χ4v) is 3.39. The molecule has 2 heterocycles. The SMILES string of the molecule is c1ccc(-c2cc3[nH]cccc3c3nc4ccccc4c23)cc1. The van der Waals surface area contributed by atoms with Crippen LogP contribution in [-0.4, -0.2) is 9.97 Å². The van der Waals surface area contributed by atoms with Crippen molar-refractivity contribution >= 4 is 32.7 Å². The van der Waals surface area contributed by atoms with Crippen molar-refractivity contribution < 1.29 is 0 Å². The van der Waals surface area contributed by atoms with E-state index >= 15 is 0 Å². The lowest BCUT2D eigenvalue weighted by Gasteiger charge is -2.08. The van der Waals surface area contributed by atoms with Gasteiger partial charge in [0.05, 0.1) is 11.0 Å². The monoisotopic (exact) mass is 294 g/mol. The van der Waals surface area contributed by atoms with Crippen LogP contribution in [0.4, 0.5) is 0 Å². The minimum absolute atomic E-state index is 1.05. The van der Waals surface area contributed by atoms with Gasteiger partial charge in [-0.1, -0.05) is 48.5 Å². The number of H-pyrrole nitrogens is 1. The number of benzene rings is 3. The smallest absolute Gasteiger partial charge is 0.0815 e. The summed E-state index contributed by atoms with van der Waals surface area (Å²) in [6.45, 7) is 0. The molecule has 0 atom stereocenters. The van der Waals surface area contributed by atoms with E-state index in [2.05, 4.69) is 65.6 Å². The minimum atomic E-state index is 1.05. The van der Waals surface area contributed by atoms with Crippen LogP contribution in [0.3, 0.4) is 0 Å². The number of hydrogen-bond acceptors (Lipinski definition) is 1. The van der Waals surface area contributed by atoms with Crippen LogP contribution in [0.2, 0.25) is 0 Å². The van der Waals surface area contributed by atoms with Gasteiger partial charge in [0.2, 0.25) is 0 Å². The van der Waals surface area contributed by atoms with Gasteiger partial charge in [0.1, 0.15) is 0 Å². The molecule has 5 rings (SSSR count). The summed E-state index contributed by atoms with van der Waals surface area (Å²) in [5.41, 5.74) is 5.68. The van der Waals surface area contributed by atoms with E-state index in [1.165, 1.54) is 27.3 Å². The Hall–Kier alpha value is -3.13. The predicted octanol–water partition coefficient (Wildman–Crippen LogP) is 5.54. The molecule has 23 heavy (non-hydrogen) atoms. The number of aromatic nitrogens is 2. The van der Waals surface area contributed by atoms with E-state index in [1.54, 1.807) is 0 Å². The molecule has 0 fully saturated rings. The molecule has 2 aromatic heterocycles. The highest BCUT2D eigenvalue weighted by molar-refractivity contribution is 6.22. The highest BCUT2D eigenvalue weighted by atomic mass is 14.7. The molecule has 0 bridgehead atoms. The van der Waals surface area contributed by atoms with E-state index in [-0.39, 0.29) is 0 Å². The van der Waals surface area contributed by atoms with Crippen LogP contribution in [0.1, 0.15) is 0 Å². The number of fused-ring (bicyclic) bond motifs is 5. The number of aromatic amines is 1. The number of nitrogens with one attached hydrogen (secondary N) is 1. The van der Waals surface area contributed by atoms with Crippen LogP contribution >= 0.6 is 0 Å². The molecule has 0 saturated heterocycles. The van der Waals surface area contributed by atoms with E-state index in [9.17, 15) is 0 Å². The Bertz CT molecular complexity index is 1150. The van der Waals surface area contributed by atoms with Crippen molar-refractivity contribution in [3.63, 3.8) is 0 Å². The maximum Gasteiger partial charge on any atom is 0.0815 e. The van der Waals surface area contributed by atoms with Crippen molar-refractivity contribution in [3.8, 4) is 11.1 Å². The first-order valence-corrected chi connectivity index (χ1v) is 7.76. The molecule has 0 radical (unpaired) electrons. The summed E-state index contributed by atoms with van der Waals surface area (Å²) >= 11 is 0. The zero-order valence-corrected chi connectivity index (χ0v) is 12.5. The van der Waals surface area contributed by atoms with Crippen molar-refractivity contribution in [1.82, 2.24) is 9.97 Å². The van der Waals surface area contributed by atoms with Gasteiger partial charge >= 0.3 is 0 Å². The lowest BCUT2D eigenvalue weighted by atomic mass is 9.97. The van der Waals surface area contributed by atoms with Gasteiger partial charge in [-0.15, -0.1) is 0 Å². The van der Waals surface area contributed by atoms with E-state index in [4.69, 9.17) is 4.98 Å². The average molecular weight is 294 g/mol. The third kappa shape index (κ3) is 1.78. The second-order valence-electron chi connectivity index (χ2n) is 5.77. The van der Waals surface area contributed by atoms with Gasteiger partial charge in [-0.05, 0) is 35.4 Å². The Morgan fingerprint density at radius 2 is 1.52 bits per heavy atom. The van der Waals surface area contributed by atoms with Gasteiger partial charge in [-0.25, -0.2) is 4.98 Å². The lowest BCUT2D eigenvalue weighted by molar-refractivity contribution is 1.41. The summed E-state index contributed by atoms with van der Waals surface area (Å²) < 4.78 is 0. The Morgan fingerprint density at radius 1 is 0.739 bits per heavy atom. The molecule has 3 aromatic carbocycles. The summed E-state index contributed by atoms with van der Waals surface area (Å²) in [4.78, 5) is 8.27. The first-order chi connectivity index (χ1) is 11.4. The molecule has 1 N–H and O–H groups in total. The highest BCUT2D eigenvalue weighted by Crippen LogP contribution is 2.38. The Kier molecular flexibility index (Phi) is 2.53. The molecule has 2 heteroatoms. The van der Waals surface area contributed by atoms with Crippen LogP contribution in [0, 0.1) is 0 Å². The Morgan fingerprint density at radius 3 is 2.43 bits per heavy atom. The first kappa shape index (κ1) is 12.4. The molecular formula is C21H14N2. The van der Waals surface area contributed by atoms with E-state index in [0.29, 0.717) is 0 Å².